The maximum absolute atomic E-state index is 11.9. The van der Waals surface area contributed by atoms with Gasteiger partial charge in [0.1, 0.15) is 4.47 Å². The molecule has 0 saturated carbocycles. The van der Waals surface area contributed by atoms with Gasteiger partial charge in [0.05, 0.1) is 16.6 Å². The summed E-state index contributed by atoms with van der Waals surface area (Å²) in [4.78, 5) is 22.1. The molecule has 0 aliphatic rings. The minimum absolute atomic E-state index is 0.146. The van der Waals surface area contributed by atoms with E-state index in [9.17, 15) is 14.9 Å². The molecule has 0 radical (unpaired) electrons. The van der Waals surface area contributed by atoms with Gasteiger partial charge in [0.15, 0.2) is 0 Å². The van der Waals surface area contributed by atoms with Gasteiger partial charge in [0.25, 0.3) is 5.69 Å². The quantitative estimate of drug-likeness (QED) is 0.472. The van der Waals surface area contributed by atoms with Crippen LogP contribution < -0.4 is 0 Å². The Morgan fingerprint density at radius 1 is 1.56 bits per heavy atom. The third-order valence-corrected chi connectivity index (χ3v) is 3.23. The van der Waals surface area contributed by atoms with Gasteiger partial charge in [-0.15, -0.1) is 0 Å². The van der Waals surface area contributed by atoms with Gasteiger partial charge in [-0.05, 0) is 35.3 Å². The monoisotopic (exact) mass is 315 g/mol. The highest BCUT2D eigenvalue weighted by Crippen LogP contribution is 2.29. The SMILES string of the molecule is CCCC(C)OC(=O)c1cccc([N+](=O)[O-])c1Br. The number of carbonyl (C=O) groups is 1. The van der Waals surface area contributed by atoms with Crippen LogP contribution >= 0.6 is 15.9 Å². The molecule has 98 valence electrons. The van der Waals surface area contributed by atoms with Crippen molar-refractivity contribution in [3.63, 3.8) is 0 Å². The molecule has 0 saturated heterocycles. The van der Waals surface area contributed by atoms with E-state index in [1.165, 1.54) is 18.2 Å². The second-order valence-electron chi connectivity index (χ2n) is 3.90. The van der Waals surface area contributed by atoms with E-state index < -0.39 is 10.9 Å². The van der Waals surface area contributed by atoms with Crippen molar-refractivity contribution in [2.75, 3.05) is 0 Å². The number of nitro benzene ring substituents is 1. The molecule has 1 aromatic carbocycles. The lowest BCUT2D eigenvalue weighted by molar-refractivity contribution is -0.385. The number of rotatable bonds is 5. The molecule has 18 heavy (non-hydrogen) atoms. The van der Waals surface area contributed by atoms with E-state index in [2.05, 4.69) is 15.9 Å². The van der Waals surface area contributed by atoms with Crippen LogP contribution in [0.5, 0.6) is 0 Å². The van der Waals surface area contributed by atoms with Crippen LogP contribution in [0.3, 0.4) is 0 Å². The summed E-state index contributed by atoms with van der Waals surface area (Å²) in [6, 6.07) is 4.29. The Bertz CT molecular complexity index is 461. The van der Waals surface area contributed by atoms with Gasteiger partial charge < -0.3 is 4.74 Å². The number of hydrogen-bond donors (Lipinski definition) is 0. The molecular formula is C12H14BrNO4. The van der Waals surface area contributed by atoms with Gasteiger partial charge in [-0.25, -0.2) is 4.79 Å². The van der Waals surface area contributed by atoms with Crippen LogP contribution in [0.1, 0.15) is 37.0 Å². The lowest BCUT2D eigenvalue weighted by Crippen LogP contribution is -2.15. The zero-order chi connectivity index (χ0) is 13.7. The topological polar surface area (TPSA) is 69.4 Å². The first-order valence-electron chi connectivity index (χ1n) is 5.61. The second kappa shape index (κ2) is 6.49. The Balaban J connectivity index is 2.93. The van der Waals surface area contributed by atoms with Crippen LogP contribution in [0, 0.1) is 10.1 Å². The minimum Gasteiger partial charge on any atom is -0.459 e. The zero-order valence-electron chi connectivity index (χ0n) is 10.2. The number of benzene rings is 1. The van der Waals surface area contributed by atoms with Crippen LogP contribution in [-0.4, -0.2) is 17.0 Å². The highest BCUT2D eigenvalue weighted by Gasteiger charge is 2.21. The van der Waals surface area contributed by atoms with Gasteiger partial charge in [-0.2, -0.15) is 0 Å². The molecule has 0 spiro atoms. The fourth-order valence-corrected chi connectivity index (χ4v) is 2.10. The Morgan fingerprint density at radius 3 is 2.78 bits per heavy atom. The molecule has 0 bridgehead atoms. The average Bonchev–Trinajstić information content (AvgIpc) is 2.28. The molecule has 0 fully saturated rings. The van der Waals surface area contributed by atoms with Crippen molar-refractivity contribution in [3.05, 3.63) is 38.3 Å². The van der Waals surface area contributed by atoms with Gasteiger partial charge >= 0.3 is 5.97 Å². The molecular weight excluding hydrogens is 302 g/mol. The van der Waals surface area contributed by atoms with E-state index in [0.29, 0.717) is 0 Å². The van der Waals surface area contributed by atoms with Crippen molar-refractivity contribution in [1.29, 1.82) is 0 Å². The first-order valence-corrected chi connectivity index (χ1v) is 6.40. The molecule has 5 nitrogen and oxygen atoms in total. The molecule has 0 heterocycles. The predicted octanol–water partition coefficient (Wildman–Crippen LogP) is 3.70. The summed E-state index contributed by atoms with van der Waals surface area (Å²) in [6.45, 7) is 3.79. The van der Waals surface area contributed by atoms with Crippen molar-refractivity contribution in [2.24, 2.45) is 0 Å². The largest absolute Gasteiger partial charge is 0.459 e. The second-order valence-corrected chi connectivity index (χ2v) is 4.69. The first kappa shape index (κ1) is 14.6. The van der Waals surface area contributed by atoms with E-state index >= 15 is 0 Å². The highest BCUT2D eigenvalue weighted by molar-refractivity contribution is 9.10. The van der Waals surface area contributed by atoms with Gasteiger partial charge in [0, 0.05) is 6.07 Å². The number of nitro groups is 1. The van der Waals surface area contributed by atoms with Gasteiger partial charge in [-0.1, -0.05) is 19.4 Å². The Morgan fingerprint density at radius 2 is 2.22 bits per heavy atom. The third kappa shape index (κ3) is 3.53. The van der Waals surface area contributed by atoms with Crippen molar-refractivity contribution >= 4 is 27.6 Å². The van der Waals surface area contributed by atoms with Crippen LogP contribution in [0.15, 0.2) is 22.7 Å². The molecule has 0 aliphatic carbocycles. The Labute approximate surface area is 113 Å². The van der Waals surface area contributed by atoms with Crippen LogP contribution in [0.25, 0.3) is 0 Å². The summed E-state index contributed by atoms with van der Waals surface area (Å²) >= 11 is 3.07. The van der Waals surface area contributed by atoms with E-state index in [1.54, 1.807) is 6.92 Å². The Hall–Kier alpha value is -1.43. The predicted molar refractivity (Wildman–Crippen MR) is 70.6 cm³/mol. The van der Waals surface area contributed by atoms with Crippen LogP contribution in [-0.2, 0) is 4.74 Å². The van der Waals surface area contributed by atoms with E-state index in [1.807, 2.05) is 6.92 Å². The average molecular weight is 316 g/mol. The van der Waals surface area contributed by atoms with Crippen LogP contribution in [0.4, 0.5) is 5.69 Å². The van der Waals surface area contributed by atoms with Gasteiger partial charge in [-0.3, -0.25) is 10.1 Å². The summed E-state index contributed by atoms with van der Waals surface area (Å²) in [6.07, 6.45) is 1.47. The maximum Gasteiger partial charge on any atom is 0.339 e. The Kier molecular flexibility index (Phi) is 5.27. The normalized spacial score (nSPS) is 11.9. The lowest BCUT2D eigenvalue weighted by atomic mass is 10.2. The zero-order valence-corrected chi connectivity index (χ0v) is 11.8. The van der Waals surface area contributed by atoms with E-state index in [0.717, 1.165) is 12.8 Å². The van der Waals surface area contributed by atoms with Gasteiger partial charge in [0.2, 0.25) is 0 Å². The molecule has 6 heteroatoms. The molecule has 1 unspecified atom stereocenters. The van der Waals surface area contributed by atoms with Crippen molar-refractivity contribution in [1.82, 2.24) is 0 Å². The first-order chi connectivity index (χ1) is 8.47. The van der Waals surface area contributed by atoms with E-state index in [4.69, 9.17) is 4.74 Å². The van der Waals surface area contributed by atoms with Crippen molar-refractivity contribution < 1.29 is 14.5 Å². The fraction of sp³-hybridized carbons (Fsp3) is 0.417. The lowest BCUT2D eigenvalue weighted by Gasteiger charge is -2.12. The summed E-state index contributed by atoms with van der Waals surface area (Å²) in [7, 11) is 0. The van der Waals surface area contributed by atoms with Crippen molar-refractivity contribution in [3.8, 4) is 0 Å². The molecule has 0 aliphatic heterocycles. The number of nitrogens with zero attached hydrogens (tertiary/aromatic N) is 1. The van der Waals surface area contributed by atoms with E-state index in [-0.39, 0.29) is 21.8 Å². The smallest absolute Gasteiger partial charge is 0.339 e. The number of esters is 1. The van der Waals surface area contributed by atoms with Crippen LogP contribution in [0.2, 0.25) is 0 Å². The molecule has 1 rings (SSSR count). The summed E-state index contributed by atoms with van der Waals surface area (Å²) in [5.74, 6) is -0.550. The maximum atomic E-state index is 11.9. The number of carbonyl (C=O) groups excluding carboxylic acids is 1. The molecule has 0 N–H and O–H groups in total. The standard InChI is InChI=1S/C12H14BrNO4/c1-3-5-8(2)18-12(15)9-6-4-7-10(11(9)13)14(16)17/h4,6-8H,3,5H2,1-2H3. The summed E-state index contributed by atoms with van der Waals surface area (Å²) < 4.78 is 5.36. The molecule has 1 aromatic rings. The molecule has 0 amide bonds. The summed E-state index contributed by atoms with van der Waals surface area (Å²) in [5, 5.41) is 10.7. The number of hydrogen-bond acceptors (Lipinski definition) is 4. The highest BCUT2D eigenvalue weighted by atomic mass is 79.9. The number of ether oxygens (including phenoxy) is 1. The third-order valence-electron chi connectivity index (χ3n) is 2.40. The fourth-order valence-electron chi connectivity index (χ4n) is 1.53. The number of halogens is 1. The molecule has 0 aromatic heterocycles. The summed E-state index contributed by atoms with van der Waals surface area (Å²) in [5.41, 5.74) is 0.0275. The van der Waals surface area contributed by atoms with Crippen molar-refractivity contribution in [2.45, 2.75) is 32.8 Å². The minimum atomic E-state index is -0.550. The molecule has 1 atom stereocenters.